The number of benzene rings is 2. The van der Waals surface area contributed by atoms with Gasteiger partial charge in [0.15, 0.2) is 0 Å². The number of aldehydes is 1. The Morgan fingerprint density at radius 3 is 2.73 bits per heavy atom. The normalized spacial score (nSPS) is 19.2. The number of hydrogen-bond donors (Lipinski definition) is 2. The summed E-state index contributed by atoms with van der Waals surface area (Å²) in [6, 6.07) is 10.2. The van der Waals surface area contributed by atoms with Crippen molar-refractivity contribution in [1.29, 1.82) is 0 Å². The third-order valence-electron chi connectivity index (χ3n) is 9.65. The van der Waals surface area contributed by atoms with Crippen LogP contribution in [0.4, 0.5) is 0 Å². The number of aromatic nitrogens is 4. The number of hydrogen-bond acceptors (Lipinski definition) is 9. The third kappa shape index (κ3) is 6.75. The highest BCUT2D eigenvalue weighted by atomic mass is 79.9. The molecule has 49 heavy (non-hydrogen) atoms. The van der Waals surface area contributed by atoms with Crippen molar-refractivity contribution in [2.45, 2.75) is 69.7 Å². The van der Waals surface area contributed by atoms with Crippen LogP contribution in [0.25, 0.3) is 22.3 Å². The van der Waals surface area contributed by atoms with Crippen molar-refractivity contribution in [1.82, 2.24) is 40.2 Å². The van der Waals surface area contributed by atoms with Gasteiger partial charge in [0.1, 0.15) is 17.8 Å². The topological polar surface area (TPSA) is 159 Å². The minimum atomic E-state index is -0.680. The van der Waals surface area contributed by atoms with Gasteiger partial charge in [-0.05, 0) is 70.9 Å². The number of amides is 4. The molecule has 4 aromatic rings. The zero-order valence-electron chi connectivity index (χ0n) is 26.7. The maximum atomic E-state index is 13.5. The zero-order valence-corrected chi connectivity index (χ0v) is 28.3. The molecule has 13 nitrogen and oxygen atoms in total. The summed E-state index contributed by atoms with van der Waals surface area (Å²) < 4.78 is 2.85. The number of para-hydroxylation sites is 1. The maximum absolute atomic E-state index is 13.5. The predicted octanol–water partition coefficient (Wildman–Crippen LogP) is 3.32. The van der Waals surface area contributed by atoms with Gasteiger partial charge in [0.2, 0.25) is 17.7 Å². The fourth-order valence-electron chi connectivity index (χ4n) is 7.02. The number of fused-ring (bicyclic) bond motifs is 2. The second-order valence-electron chi connectivity index (χ2n) is 12.7. The molecule has 0 radical (unpaired) electrons. The molecule has 0 bridgehead atoms. The third-order valence-corrected chi connectivity index (χ3v) is 10.3. The van der Waals surface area contributed by atoms with Crippen molar-refractivity contribution >= 4 is 56.9 Å². The van der Waals surface area contributed by atoms with Gasteiger partial charge in [-0.15, -0.1) is 0 Å². The van der Waals surface area contributed by atoms with Crippen LogP contribution in [0.1, 0.15) is 66.1 Å². The number of carbonyl (C=O) groups excluding carboxylic acids is 5. The molecule has 0 spiro atoms. The van der Waals surface area contributed by atoms with Gasteiger partial charge in [0, 0.05) is 60.8 Å². The molecule has 4 amide bonds. The highest BCUT2D eigenvalue weighted by molar-refractivity contribution is 9.10. The zero-order chi connectivity index (χ0) is 34.1. The molecule has 252 valence electrons. The molecular formula is C35H35BrN8O5. The van der Waals surface area contributed by atoms with Crippen LogP contribution in [0.3, 0.4) is 0 Å². The van der Waals surface area contributed by atoms with E-state index in [2.05, 4.69) is 41.5 Å². The van der Waals surface area contributed by atoms with E-state index in [4.69, 9.17) is 4.98 Å². The molecule has 2 saturated heterocycles. The number of rotatable bonds is 10. The lowest BCUT2D eigenvalue weighted by atomic mass is 10.0. The SMILES string of the molecule is O=CCCC(C(=O)NCc1ccc2c(c1)CN(C1CCC(=O)NC1=O)C2=O)N1CCC(n2cc(-c3cnc4cccc(Br)c4n3)cn2)CC1. The smallest absolute Gasteiger partial charge is 0.255 e. The maximum Gasteiger partial charge on any atom is 0.255 e. The van der Waals surface area contributed by atoms with Crippen molar-refractivity contribution in [2.75, 3.05) is 13.1 Å². The van der Waals surface area contributed by atoms with Crippen molar-refractivity contribution in [3.63, 3.8) is 0 Å². The van der Waals surface area contributed by atoms with E-state index in [1.807, 2.05) is 35.1 Å². The molecule has 7 rings (SSSR count). The summed E-state index contributed by atoms with van der Waals surface area (Å²) >= 11 is 3.56. The number of piperidine rings is 2. The summed E-state index contributed by atoms with van der Waals surface area (Å²) in [7, 11) is 0. The van der Waals surface area contributed by atoms with Gasteiger partial charge in [0.25, 0.3) is 5.91 Å². The molecule has 2 fully saturated rings. The Kier molecular flexibility index (Phi) is 9.32. The molecule has 2 aromatic heterocycles. The lowest BCUT2D eigenvalue weighted by molar-refractivity contribution is -0.137. The second-order valence-corrected chi connectivity index (χ2v) is 13.6. The summed E-state index contributed by atoms with van der Waals surface area (Å²) in [5.74, 6) is -1.16. The van der Waals surface area contributed by atoms with Crippen LogP contribution in [0.5, 0.6) is 0 Å². The lowest BCUT2D eigenvalue weighted by Gasteiger charge is -2.36. The van der Waals surface area contributed by atoms with Crippen LogP contribution in [-0.4, -0.2) is 84.6 Å². The molecule has 2 N–H and O–H groups in total. The van der Waals surface area contributed by atoms with Gasteiger partial charge >= 0.3 is 0 Å². The molecule has 2 aromatic carbocycles. The van der Waals surface area contributed by atoms with Gasteiger partial charge in [-0.2, -0.15) is 5.10 Å². The summed E-state index contributed by atoms with van der Waals surface area (Å²) in [6.45, 7) is 1.88. The Morgan fingerprint density at radius 2 is 1.94 bits per heavy atom. The number of likely N-dealkylation sites (tertiary alicyclic amines) is 1. The van der Waals surface area contributed by atoms with Gasteiger partial charge in [0.05, 0.1) is 35.7 Å². The Morgan fingerprint density at radius 1 is 1.10 bits per heavy atom. The van der Waals surface area contributed by atoms with E-state index in [-0.39, 0.29) is 49.7 Å². The molecule has 14 heteroatoms. The molecule has 3 aliphatic heterocycles. The first-order valence-corrected chi connectivity index (χ1v) is 17.3. The Bertz CT molecular complexity index is 1960. The molecule has 0 aliphatic carbocycles. The molecule has 2 atom stereocenters. The molecule has 2 unspecified atom stereocenters. The fourth-order valence-corrected chi connectivity index (χ4v) is 7.46. The van der Waals surface area contributed by atoms with E-state index in [0.29, 0.717) is 31.5 Å². The highest BCUT2D eigenvalue weighted by Crippen LogP contribution is 2.30. The first-order chi connectivity index (χ1) is 23.8. The van der Waals surface area contributed by atoms with Crippen molar-refractivity contribution in [3.8, 4) is 11.3 Å². The number of halogens is 1. The predicted molar refractivity (Wildman–Crippen MR) is 182 cm³/mol. The fraction of sp³-hybridized carbons (Fsp3) is 0.371. The quantitative estimate of drug-likeness (QED) is 0.185. The number of nitrogens with one attached hydrogen (secondary N) is 2. The first kappa shape index (κ1) is 32.7. The van der Waals surface area contributed by atoms with Gasteiger partial charge in [-0.3, -0.25) is 39.1 Å². The number of carbonyl (C=O) groups is 5. The summed E-state index contributed by atoms with van der Waals surface area (Å²) in [5.41, 5.74) is 5.37. The van der Waals surface area contributed by atoms with Crippen LogP contribution in [-0.2, 0) is 32.3 Å². The standard InChI is InChI=1S/C35H35BrN8O5/c36-26-3-1-4-27-32(26)40-28(18-37-27)23-17-39-44(20-23)24-10-12-42(13-11-24)29(5-2-14-45)33(47)38-16-21-6-7-25-22(15-21)19-43(35(25)49)30-8-9-31(46)41-34(30)48/h1,3-4,6-7,14-15,17-18,20,24,29-30H,2,5,8-13,16,19H2,(H,38,47)(H,41,46,48). The summed E-state index contributed by atoms with van der Waals surface area (Å²) in [6.07, 6.45) is 9.19. The number of imide groups is 1. The molecule has 0 saturated carbocycles. The summed E-state index contributed by atoms with van der Waals surface area (Å²) in [4.78, 5) is 74.8. The molecule has 5 heterocycles. The highest BCUT2D eigenvalue weighted by Gasteiger charge is 2.39. The lowest BCUT2D eigenvalue weighted by Crippen LogP contribution is -2.52. The van der Waals surface area contributed by atoms with Crippen LogP contribution >= 0.6 is 15.9 Å². The van der Waals surface area contributed by atoms with Crippen LogP contribution in [0.2, 0.25) is 0 Å². The van der Waals surface area contributed by atoms with E-state index in [0.717, 1.165) is 57.0 Å². The second kappa shape index (κ2) is 14.0. The minimum Gasteiger partial charge on any atom is -0.351 e. The van der Waals surface area contributed by atoms with E-state index in [1.54, 1.807) is 24.5 Å². The van der Waals surface area contributed by atoms with Crippen LogP contribution in [0, 0.1) is 0 Å². The largest absolute Gasteiger partial charge is 0.351 e. The van der Waals surface area contributed by atoms with E-state index in [1.165, 1.54) is 4.90 Å². The monoisotopic (exact) mass is 726 g/mol. The van der Waals surface area contributed by atoms with E-state index in [9.17, 15) is 24.0 Å². The Hall–Kier alpha value is -4.82. The van der Waals surface area contributed by atoms with E-state index < -0.39 is 18.0 Å². The molecule has 3 aliphatic rings. The van der Waals surface area contributed by atoms with Crippen LogP contribution in [0.15, 0.2) is 59.5 Å². The average molecular weight is 728 g/mol. The number of nitrogens with zero attached hydrogens (tertiary/aromatic N) is 6. The van der Waals surface area contributed by atoms with Crippen molar-refractivity contribution in [2.24, 2.45) is 0 Å². The van der Waals surface area contributed by atoms with Gasteiger partial charge < -0.3 is 15.0 Å². The van der Waals surface area contributed by atoms with Crippen molar-refractivity contribution < 1.29 is 24.0 Å². The minimum absolute atomic E-state index is 0.149. The van der Waals surface area contributed by atoms with Gasteiger partial charge in [-0.25, -0.2) is 4.98 Å². The van der Waals surface area contributed by atoms with Crippen LogP contribution < -0.4 is 10.6 Å². The molecular weight excluding hydrogens is 692 g/mol. The Labute approximate surface area is 290 Å². The van der Waals surface area contributed by atoms with Gasteiger partial charge in [-0.1, -0.05) is 18.2 Å². The average Bonchev–Trinajstić information content (AvgIpc) is 3.73. The Balaban J connectivity index is 0.959. The van der Waals surface area contributed by atoms with E-state index >= 15 is 0 Å². The first-order valence-electron chi connectivity index (χ1n) is 16.5. The summed E-state index contributed by atoms with van der Waals surface area (Å²) in [5, 5.41) is 10.0. The van der Waals surface area contributed by atoms with Crippen molar-refractivity contribution in [3.05, 3.63) is 76.2 Å².